The van der Waals surface area contributed by atoms with Crippen LogP contribution >= 0.6 is 0 Å². The quantitative estimate of drug-likeness (QED) is 0.937. The van der Waals surface area contributed by atoms with E-state index in [0.717, 1.165) is 11.1 Å². The van der Waals surface area contributed by atoms with Crippen molar-refractivity contribution in [3.8, 4) is 5.75 Å². The SMILES string of the molecule is COc1ccc2nc(C(=O)N3CCCC3C(=O)O)ccc2c1. The molecule has 1 atom stereocenters. The van der Waals surface area contributed by atoms with Gasteiger partial charge in [0.05, 0.1) is 12.6 Å². The van der Waals surface area contributed by atoms with Crippen molar-refractivity contribution >= 4 is 22.8 Å². The first kappa shape index (κ1) is 14.3. The number of carbonyl (C=O) groups excluding carboxylic acids is 1. The number of pyridine rings is 1. The Morgan fingerprint density at radius 2 is 2.14 bits per heavy atom. The summed E-state index contributed by atoms with van der Waals surface area (Å²) in [6.07, 6.45) is 1.19. The molecule has 3 rings (SSSR count). The van der Waals surface area contributed by atoms with Crippen LogP contribution in [0.15, 0.2) is 30.3 Å². The van der Waals surface area contributed by atoms with Gasteiger partial charge in [0.25, 0.3) is 5.91 Å². The van der Waals surface area contributed by atoms with Crippen molar-refractivity contribution in [3.63, 3.8) is 0 Å². The molecule has 1 saturated heterocycles. The zero-order valence-electron chi connectivity index (χ0n) is 12.2. The Labute approximate surface area is 127 Å². The molecule has 0 aliphatic carbocycles. The molecular formula is C16H16N2O4. The summed E-state index contributed by atoms with van der Waals surface area (Å²) in [5.74, 6) is -0.571. The van der Waals surface area contributed by atoms with E-state index in [4.69, 9.17) is 4.74 Å². The normalized spacial score (nSPS) is 17.7. The van der Waals surface area contributed by atoms with Crippen molar-refractivity contribution in [2.45, 2.75) is 18.9 Å². The lowest BCUT2D eigenvalue weighted by atomic mass is 10.1. The second-order valence-corrected chi connectivity index (χ2v) is 5.25. The van der Waals surface area contributed by atoms with Crippen LogP contribution in [0, 0.1) is 0 Å². The Morgan fingerprint density at radius 3 is 2.86 bits per heavy atom. The number of fused-ring (bicyclic) bond motifs is 1. The van der Waals surface area contributed by atoms with Gasteiger partial charge >= 0.3 is 5.97 Å². The Bertz CT molecular complexity index is 744. The third-order valence-electron chi connectivity index (χ3n) is 3.91. The van der Waals surface area contributed by atoms with Gasteiger partial charge in [-0.1, -0.05) is 6.07 Å². The molecule has 0 saturated carbocycles. The number of aliphatic carboxylic acids is 1. The molecule has 0 spiro atoms. The van der Waals surface area contributed by atoms with E-state index in [0.29, 0.717) is 24.9 Å². The van der Waals surface area contributed by atoms with Crippen molar-refractivity contribution in [3.05, 3.63) is 36.0 Å². The van der Waals surface area contributed by atoms with Gasteiger partial charge in [-0.15, -0.1) is 0 Å². The van der Waals surface area contributed by atoms with E-state index < -0.39 is 12.0 Å². The number of methoxy groups -OCH3 is 1. The lowest BCUT2D eigenvalue weighted by Gasteiger charge is -2.21. The minimum atomic E-state index is -0.962. The second-order valence-electron chi connectivity index (χ2n) is 5.25. The maximum absolute atomic E-state index is 12.5. The smallest absolute Gasteiger partial charge is 0.326 e. The summed E-state index contributed by atoms with van der Waals surface area (Å²) >= 11 is 0. The number of aromatic nitrogens is 1. The Kier molecular flexibility index (Phi) is 3.66. The van der Waals surface area contributed by atoms with Crippen LogP contribution in [0.25, 0.3) is 10.9 Å². The van der Waals surface area contributed by atoms with Gasteiger partial charge in [-0.25, -0.2) is 9.78 Å². The van der Waals surface area contributed by atoms with E-state index in [2.05, 4.69) is 4.98 Å². The predicted molar refractivity (Wildman–Crippen MR) is 80.0 cm³/mol. The molecule has 6 nitrogen and oxygen atoms in total. The standard InChI is InChI=1S/C16H16N2O4/c1-22-11-5-7-12-10(9-11)4-6-13(17-12)15(19)18-8-2-3-14(18)16(20)21/h4-7,9,14H,2-3,8H2,1H3,(H,20,21). The molecule has 1 N–H and O–H groups in total. The van der Waals surface area contributed by atoms with Gasteiger partial charge in [0.1, 0.15) is 17.5 Å². The fourth-order valence-corrected chi connectivity index (χ4v) is 2.76. The summed E-state index contributed by atoms with van der Waals surface area (Å²) in [5.41, 5.74) is 0.948. The Balaban J connectivity index is 1.92. The minimum Gasteiger partial charge on any atom is -0.497 e. The molecule has 1 aliphatic heterocycles. The lowest BCUT2D eigenvalue weighted by molar-refractivity contribution is -0.141. The number of amides is 1. The Morgan fingerprint density at radius 1 is 1.32 bits per heavy atom. The van der Waals surface area contributed by atoms with Crippen LogP contribution in [0.5, 0.6) is 5.75 Å². The molecule has 1 amide bonds. The molecule has 2 heterocycles. The number of nitrogens with zero attached hydrogens (tertiary/aromatic N) is 2. The summed E-state index contributed by atoms with van der Waals surface area (Å²) < 4.78 is 5.15. The first-order chi connectivity index (χ1) is 10.6. The third-order valence-corrected chi connectivity index (χ3v) is 3.91. The van der Waals surface area contributed by atoms with Crippen LogP contribution in [0.1, 0.15) is 23.3 Å². The number of carboxylic acid groups (broad SMARTS) is 1. The van der Waals surface area contributed by atoms with Gasteiger partial charge in [0, 0.05) is 11.9 Å². The van der Waals surface area contributed by atoms with E-state index in [9.17, 15) is 14.7 Å². The number of ether oxygens (including phenoxy) is 1. The largest absolute Gasteiger partial charge is 0.497 e. The summed E-state index contributed by atoms with van der Waals surface area (Å²) in [6.45, 7) is 0.456. The maximum atomic E-state index is 12.5. The van der Waals surface area contributed by atoms with E-state index >= 15 is 0 Å². The van der Waals surface area contributed by atoms with E-state index in [1.807, 2.05) is 6.07 Å². The molecule has 1 aliphatic rings. The van der Waals surface area contributed by atoms with Crippen LogP contribution in [-0.2, 0) is 4.79 Å². The monoisotopic (exact) mass is 300 g/mol. The minimum absolute atomic E-state index is 0.269. The van der Waals surface area contributed by atoms with Gasteiger partial charge in [-0.2, -0.15) is 0 Å². The predicted octanol–water partition coefficient (Wildman–Crippen LogP) is 1.93. The van der Waals surface area contributed by atoms with Crippen molar-refractivity contribution < 1.29 is 19.4 Å². The average molecular weight is 300 g/mol. The average Bonchev–Trinajstić information content (AvgIpc) is 3.03. The number of carbonyl (C=O) groups is 2. The number of likely N-dealkylation sites (tertiary alicyclic amines) is 1. The molecule has 1 unspecified atom stereocenters. The van der Waals surface area contributed by atoms with Crippen molar-refractivity contribution in [2.75, 3.05) is 13.7 Å². The molecule has 0 radical (unpaired) electrons. The lowest BCUT2D eigenvalue weighted by Crippen LogP contribution is -2.40. The number of hydrogen-bond acceptors (Lipinski definition) is 4. The van der Waals surface area contributed by atoms with E-state index in [1.165, 1.54) is 4.90 Å². The van der Waals surface area contributed by atoms with E-state index in [-0.39, 0.29) is 11.6 Å². The maximum Gasteiger partial charge on any atom is 0.326 e. The highest BCUT2D eigenvalue weighted by Gasteiger charge is 2.34. The third kappa shape index (κ3) is 2.47. The van der Waals surface area contributed by atoms with Gasteiger partial charge in [0.15, 0.2) is 0 Å². The topological polar surface area (TPSA) is 79.7 Å². The molecular weight excluding hydrogens is 284 g/mol. The van der Waals surface area contributed by atoms with Crippen LogP contribution in [0.4, 0.5) is 0 Å². The van der Waals surface area contributed by atoms with Crippen LogP contribution in [0.3, 0.4) is 0 Å². The molecule has 1 aromatic carbocycles. The second kappa shape index (κ2) is 5.63. The van der Waals surface area contributed by atoms with Crippen LogP contribution in [0.2, 0.25) is 0 Å². The van der Waals surface area contributed by atoms with Crippen LogP contribution in [-0.4, -0.2) is 46.6 Å². The molecule has 22 heavy (non-hydrogen) atoms. The highest BCUT2D eigenvalue weighted by Crippen LogP contribution is 2.23. The zero-order chi connectivity index (χ0) is 15.7. The summed E-state index contributed by atoms with van der Waals surface area (Å²) in [7, 11) is 1.59. The van der Waals surface area contributed by atoms with E-state index in [1.54, 1.807) is 31.4 Å². The summed E-state index contributed by atoms with van der Waals surface area (Å²) in [4.78, 5) is 29.4. The van der Waals surface area contributed by atoms with Crippen molar-refractivity contribution in [1.29, 1.82) is 0 Å². The number of rotatable bonds is 3. The van der Waals surface area contributed by atoms with Gasteiger partial charge < -0.3 is 14.7 Å². The number of benzene rings is 1. The Hall–Kier alpha value is -2.63. The van der Waals surface area contributed by atoms with Gasteiger partial charge in [-0.3, -0.25) is 4.79 Å². The summed E-state index contributed by atoms with van der Waals surface area (Å²) in [5, 5.41) is 10.0. The van der Waals surface area contributed by atoms with Crippen molar-refractivity contribution in [1.82, 2.24) is 9.88 Å². The van der Waals surface area contributed by atoms with Gasteiger partial charge in [-0.05, 0) is 37.1 Å². The number of carboxylic acids is 1. The fourth-order valence-electron chi connectivity index (χ4n) is 2.76. The van der Waals surface area contributed by atoms with Crippen molar-refractivity contribution in [2.24, 2.45) is 0 Å². The molecule has 1 fully saturated rings. The molecule has 1 aromatic heterocycles. The molecule has 0 bridgehead atoms. The highest BCUT2D eigenvalue weighted by atomic mass is 16.5. The molecule has 2 aromatic rings. The first-order valence-corrected chi connectivity index (χ1v) is 7.09. The first-order valence-electron chi connectivity index (χ1n) is 7.09. The number of hydrogen-bond donors (Lipinski definition) is 1. The molecule has 114 valence electrons. The van der Waals surface area contributed by atoms with Crippen LogP contribution < -0.4 is 4.74 Å². The summed E-state index contributed by atoms with van der Waals surface area (Å²) in [6, 6.07) is 8.07. The highest BCUT2D eigenvalue weighted by molar-refractivity contribution is 5.97. The van der Waals surface area contributed by atoms with Gasteiger partial charge in [0.2, 0.25) is 0 Å². The fraction of sp³-hybridized carbons (Fsp3) is 0.312. The zero-order valence-corrected chi connectivity index (χ0v) is 12.2. The molecule has 6 heteroatoms.